The number of esters is 2. The van der Waals surface area contributed by atoms with Crippen LogP contribution >= 0.6 is 0 Å². The van der Waals surface area contributed by atoms with E-state index in [1.165, 1.54) is 14.2 Å². The van der Waals surface area contributed by atoms with Gasteiger partial charge in [0.1, 0.15) is 0 Å². The van der Waals surface area contributed by atoms with Crippen LogP contribution in [0.5, 0.6) is 0 Å². The molecule has 20 heavy (non-hydrogen) atoms. The van der Waals surface area contributed by atoms with Crippen molar-refractivity contribution in [3.8, 4) is 0 Å². The molecule has 6 nitrogen and oxygen atoms in total. The van der Waals surface area contributed by atoms with Crippen LogP contribution in [0.4, 0.5) is 0 Å². The van der Waals surface area contributed by atoms with Crippen LogP contribution in [-0.4, -0.2) is 63.1 Å². The summed E-state index contributed by atoms with van der Waals surface area (Å²) in [6, 6.07) is 0. The fraction of sp³-hybridized carbons (Fsp3) is 0.714. The van der Waals surface area contributed by atoms with Crippen LogP contribution in [0.3, 0.4) is 0 Å². The number of hydrogen-bond donors (Lipinski definition) is 0. The average molecular weight is 282 g/mol. The minimum absolute atomic E-state index is 0.339. The van der Waals surface area contributed by atoms with Gasteiger partial charge in [0, 0.05) is 51.4 Å². The van der Waals surface area contributed by atoms with Crippen LogP contribution in [0.15, 0.2) is 11.4 Å². The summed E-state index contributed by atoms with van der Waals surface area (Å²) in [5.74, 6) is -1.59. The van der Waals surface area contributed by atoms with Crippen molar-refractivity contribution < 1.29 is 19.1 Å². The first-order chi connectivity index (χ1) is 9.49. The predicted molar refractivity (Wildman–Crippen MR) is 72.5 cm³/mol. The molecule has 0 aromatic carbocycles. The lowest BCUT2D eigenvalue weighted by Gasteiger charge is -2.43. The minimum Gasteiger partial charge on any atom is -0.469 e. The highest BCUT2D eigenvalue weighted by Gasteiger charge is 2.43. The molecule has 1 aliphatic carbocycles. The Kier molecular flexibility index (Phi) is 4.20. The van der Waals surface area contributed by atoms with Crippen molar-refractivity contribution in [3.05, 3.63) is 11.4 Å². The molecule has 0 fully saturated rings. The van der Waals surface area contributed by atoms with Crippen molar-refractivity contribution in [3.63, 3.8) is 0 Å². The Hall–Kier alpha value is -1.72. The third kappa shape index (κ3) is 2.46. The first kappa shape index (κ1) is 14.7. The van der Waals surface area contributed by atoms with Gasteiger partial charge in [-0.05, 0) is 0 Å². The summed E-state index contributed by atoms with van der Waals surface area (Å²) >= 11 is 0. The van der Waals surface area contributed by atoms with Gasteiger partial charge in [-0.1, -0.05) is 0 Å². The number of carbonyl (C=O) groups is 2. The first-order valence-electron chi connectivity index (χ1n) is 6.79. The SMILES string of the molecule is COC(=O)[C@@H]1CC2=C(C[C@H]1C(=O)OC)N(C)CCN2C. The van der Waals surface area contributed by atoms with Crippen molar-refractivity contribution in [2.75, 3.05) is 41.4 Å². The molecule has 1 heterocycles. The molecule has 1 aliphatic heterocycles. The Morgan fingerprint density at radius 1 is 0.900 bits per heavy atom. The molecular weight excluding hydrogens is 260 g/mol. The van der Waals surface area contributed by atoms with Gasteiger partial charge in [0.2, 0.25) is 0 Å². The lowest BCUT2D eigenvalue weighted by atomic mass is 9.78. The number of allylic oxidation sites excluding steroid dienone is 2. The standard InChI is InChI=1S/C14H22N2O4/c1-15-5-6-16(2)12-8-10(14(18)20-4)9(7-11(12)15)13(17)19-3/h9-10H,5-8H2,1-4H3/t9-,10-/m1/s1. The maximum absolute atomic E-state index is 12.0. The first-order valence-corrected chi connectivity index (χ1v) is 6.79. The van der Waals surface area contributed by atoms with E-state index in [1.54, 1.807) is 0 Å². The molecule has 112 valence electrons. The summed E-state index contributed by atoms with van der Waals surface area (Å²) < 4.78 is 9.71. The second-order valence-electron chi connectivity index (χ2n) is 5.40. The largest absolute Gasteiger partial charge is 0.469 e. The summed E-state index contributed by atoms with van der Waals surface area (Å²) in [5.41, 5.74) is 2.27. The van der Waals surface area contributed by atoms with Gasteiger partial charge in [-0.2, -0.15) is 0 Å². The molecule has 0 saturated heterocycles. The number of methoxy groups -OCH3 is 2. The highest BCUT2D eigenvalue weighted by molar-refractivity contribution is 5.83. The molecule has 0 radical (unpaired) electrons. The topological polar surface area (TPSA) is 59.1 Å². The molecule has 0 spiro atoms. The van der Waals surface area contributed by atoms with E-state index < -0.39 is 11.8 Å². The van der Waals surface area contributed by atoms with Crippen molar-refractivity contribution in [1.29, 1.82) is 0 Å². The molecule has 2 atom stereocenters. The zero-order valence-corrected chi connectivity index (χ0v) is 12.5. The van der Waals surface area contributed by atoms with Crippen LogP contribution in [-0.2, 0) is 19.1 Å². The van der Waals surface area contributed by atoms with Crippen LogP contribution in [0.25, 0.3) is 0 Å². The second-order valence-corrected chi connectivity index (χ2v) is 5.40. The molecule has 0 amide bonds. The van der Waals surface area contributed by atoms with Crippen molar-refractivity contribution in [2.45, 2.75) is 12.8 Å². The van der Waals surface area contributed by atoms with E-state index in [2.05, 4.69) is 9.80 Å². The number of rotatable bonds is 2. The normalized spacial score (nSPS) is 26.2. The van der Waals surface area contributed by atoms with Crippen molar-refractivity contribution in [2.24, 2.45) is 11.8 Å². The van der Waals surface area contributed by atoms with Gasteiger partial charge < -0.3 is 19.3 Å². The molecule has 6 heteroatoms. The summed E-state index contributed by atoms with van der Waals surface area (Å²) in [4.78, 5) is 28.3. The van der Waals surface area contributed by atoms with Gasteiger partial charge in [0.05, 0.1) is 26.1 Å². The second kappa shape index (κ2) is 5.73. The summed E-state index contributed by atoms with van der Waals surface area (Å²) in [6.45, 7) is 1.85. The Bertz CT molecular complexity index is 406. The van der Waals surface area contributed by atoms with Gasteiger partial charge in [0.15, 0.2) is 0 Å². The number of likely N-dealkylation sites (N-methyl/N-ethyl adjacent to an activating group) is 2. The predicted octanol–water partition coefficient (Wildman–Crippen LogP) is 0.447. The lowest BCUT2D eigenvalue weighted by molar-refractivity contribution is -0.158. The van der Waals surface area contributed by atoms with Crippen LogP contribution in [0.1, 0.15) is 12.8 Å². The zero-order chi connectivity index (χ0) is 14.9. The number of nitrogens with zero attached hydrogens (tertiary/aromatic N) is 2. The highest BCUT2D eigenvalue weighted by atomic mass is 16.5. The van der Waals surface area contributed by atoms with Crippen LogP contribution < -0.4 is 0 Å². The van der Waals surface area contributed by atoms with E-state index in [4.69, 9.17) is 9.47 Å². The van der Waals surface area contributed by atoms with Crippen LogP contribution in [0, 0.1) is 11.8 Å². The Morgan fingerprint density at radius 2 is 1.25 bits per heavy atom. The molecule has 2 aliphatic rings. The maximum Gasteiger partial charge on any atom is 0.309 e. The Labute approximate surface area is 119 Å². The van der Waals surface area contributed by atoms with Gasteiger partial charge in [-0.15, -0.1) is 0 Å². The fourth-order valence-electron chi connectivity index (χ4n) is 3.06. The number of carbonyl (C=O) groups excluding carboxylic acids is 2. The van der Waals surface area contributed by atoms with Crippen molar-refractivity contribution >= 4 is 11.9 Å². The Balaban J connectivity index is 2.35. The van der Waals surface area contributed by atoms with Gasteiger partial charge >= 0.3 is 11.9 Å². The van der Waals surface area contributed by atoms with Gasteiger partial charge in [-0.3, -0.25) is 9.59 Å². The molecule has 0 N–H and O–H groups in total. The lowest BCUT2D eigenvalue weighted by Crippen LogP contribution is -2.45. The number of ether oxygens (including phenoxy) is 2. The third-order valence-electron chi connectivity index (χ3n) is 4.35. The minimum atomic E-state index is -0.458. The van der Waals surface area contributed by atoms with E-state index in [0.717, 1.165) is 24.5 Å². The molecule has 0 bridgehead atoms. The Morgan fingerprint density at radius 3 is 1.55 bits per heavy atom. The van der Waals surface area contributed by atoms with Gasteiger partial charge in [-0.25, -0.2) is 0 Å². The zero-order valence-electron chi connectivity index (χ0n) is 12.5. The fourth-order valence-corrected chi connectivity index (χ4v) is 3.06. The van der Waals surface area contributed by atoms with Crippen molar-refractivity contribution in [1.82, 2.24) is 9.80 Å². The monoisotopic (exact) mass is 282 g/mol. The summed E-state index contributed by atoms with van der Waals surface area (Å²) in [5, 5.41) is 0. The van der Waals surface area contributed by atoms with E-state index >= 15 is 0 Å². The summed E-state index contributed by atoms with van der Waals surface area (Å²) in [6.07, 6.45) is 1.06. The molecule has 0 saturated carbocycles. The molecular formula is C14H22N2O4. The average Bonchev–Trinajstić information content (AvgIpc) is 2.48. The molecule has 2 rings (SSSR count). The molecule has 0 aromatic heterocycles. The van der Waals surface area contributed by atoms with E-state index in [0.29, 0.717) is 12.8 Å². The van der Waals surface area contributed by atoms with Gasteiger partial charge in [0.25, 0.3) is 0 Å². The molecule has 0 aromatic rings. The number of hydrogen-bond acceptors (Lipinski definition) is 6. The van der Waals surface area contributed by atoms with E-state index in [1.807, 2.05) is 14.1 Å². The highest BCUT2D eigenvalue weighted by Crippen LogP contribution is 2.39. The van der Waals surface area contributed by atoms with E-state index in [-0.39, 0.29) is 11.9 Å². The quantitative estimate of drug-likeness (QED) is 0.685. The summed E-state index contributed by atoms with van der Waals surface area (Å²) in [7, 11) is 6.76. The molecule has 0 unspecified atom stereocenters. The third-order valence-corrected chi connectivity index (χ3v) is 4.35. The smallest absolute Gasteiger partial charge is 0.309 e. The van der Waals surface area contributed by atoms with E-state index in [9.17, 15) is 9.59 Å². The maximum atomic E-state index is 12.0. The van der Waals surface area contributed by atoms with Crippen LogP contribution in [0.2, 0.25) is 0 Å².